The Hall–Kier alpha value is 0.656. The fraction of sp³-hybridized carbons (Fsp3) is 0.250. The van der Waals surface area contributed by atoms with Crippen LogP contribution in [0.15, 0.2) is 18.2 Å². The largest absolute Gasteiger partial charge is 1.00 e. The Morgan fingerprint density at radius 2 is 1.90 bits per heavy atom. The van der Waals surface area contributed by atoms with E-state index in [4.69, 9.17) is 5.11 Å². The molecule has 0 fully saturated rings. The van der Waals surface area contributed by atoms with Crippen LogP contribution >= 0.6 is 0 Å². The average Bonchev–Trinajstić information content (AvgIpc) is 1.83. The Morgan fingerprint density at radius 1 is 1.30 bits per heavy atom. The molecule has 0 unspecified atom stereocenters. The molecular weight excluding hydrogens is 151 g/mol. The van der Waals surface area contributed by atoms with E-state index in [9.17, 15) is 0 Å². The number of benzene rings is 1. The van der Waals surface area contributed by atoms with Gasteiger partial charge in [-0.05, 0) is 31.0 Å². The summed E-state index contributed by atoms with van der Waals surface area (Å²) in [5, 5.41) is 9.10. The molecular formula is C8H11KO. The molecule has 1 aromatic rings. The molecule has 0 aliphatic rings. The van der Waals surface area contributed by atoms with Crippen molar-refractivity contribution in [3.8, 4) is 5.75 Å². The van der Waals surface area contributed by atoms with Gasteiger partial charge in [-0.1, -0.05) is 12.1 Å². The van der Waals surface area contributed by atoms with Gasteiger partial charge in [0.2, 0.25) is 0 Å². The molecule has 1 rings (SSSR count). The van der Waals surface area contributed by atoms with Gasteiger partial charge in [0.05, 0.1) is 0 Å². The van der Waals surface area contributed by atoms with Crippen molar-refractivity contribution < 1.29 is 57.9 Å². The summed E-state index contributed by atoms with van der Waals surface area (Å²) in [5.74, 6) is 0.384. The van der Waals surface area contributed by atoms with Crippen molar-refractivity contribution in [2.75, 3.05) is 0 Å². The van der Waals surface area contributed by atoms with Crippen molar-refractivity contribution in [1.29, 1.82) is 0 Å². The summed E-state index contributed by atoms with van der Waals surface area (Å²) in [6.07, 6.45) is 0. The van der Waals surface area contributed by atoms with Gasteiger partial charge in [0.1, 0.15) is 5.75 Å². The maximum absolute atomic E-state index is 9.10. The van der Waals surface area contributed by atoms with Crippen molar-refractivity contribution in [1.82, 2.24) is 0 Å². The van der Waals surface area contributed by atoms with Gasteiger partial charge in [-0.15, -0.1) is 0 Å². The molecule has 1 nitrogen and oxygen atoms in total. The Bertz CT molecular complexity index is 205. The third-order valence-corrected chi connectivity index (χ3v) is 1.58. The van der Waals surface area contributed by atoms with Crippen LogP contribution in [0.25, 0.3) is 0 Å². The quantitative estimate of drug-likeness (QED) is 0.492. The third-order valence-electron chi connectivity index (χ3n) is 1.58. The van der Waals surface area contributed by atoms with Crippen molar-refractivity contribution in [3.05, 3.63) is 29.3 Å². The van der Waals surface area contributed by atoms with Gasteiger partial charge in [0, 0.05) is 0 Å². The van der Waals surface area contributed by atoms with E-state index >= 15 is 0 Å². The van der Waals surface area contributed by atoms with Gasteiger partial charge in [-0.2, -0.15) is 0 Å². The first-order valence-corrected chi connectivity index (χ1v) is 2.97. The summed E-state index contributed by atoms with van der Waals surface area (Å²) >= 11 is 0. The molecule has 0 spiro atoms. The first-order chi connectivity index (χ1) is 4.22. The molecule has 0 aliphatic carbocycles. The topological polar surface area (TPSA) is 20.2 Å². The molecule has 1 aromatic carbocycles. The Labute approximate surface area is 105 Å². The first kappa shape index (κ1) is 10.7. The van der Waals surface area contributed by atoms with Gasteiger partial charge in [0.15, 0.2) is 0 Å². The van der Waals surface area contributed by atoms with Gasteiger partial charge in [0.25, 0.3) is 0 Å². The van der Waals surface area contributed by atoms with Gasteiger partial charge < -0.3 is 6.53 Å². The molecule has 0 aliphatic heterocycles. The van der Waals surface area contributed by atoms with Gasteiger partial charge in [-0.25, -0.2) is 0 Å². The first-order valence-electron chi connectivity index (χ1n) is 2.97. The van der Waals surface area contributed by atoms with E-state index in [1.807, 2.05) is 26.0 Å². The number of aromatic hydroxyl groups is 1. The fourth-order valence-electron chi connectivity index (χ4n) is 0.736. The Balaban J connectivity index is 0. The van der Waals surface area contributed by atoms with Crippen LogP contribution in [-0.2, 0) is 0 Å². The van der Waals surface area contributed by atoms with Crippen molar-refractivity contribution in [2.45, 2.75) is 13.8 Å². The summed E-state index contributed by atoms with van der Waals surface area (Å²) in [7, 11) is 0. The van der Waals surface area contributed by atoms with E-state index in [-0.39, 0.29) is 52.8 Å². The van der Waals surface area contributed by atoms with E-state index in [0.717, 1.165) is 11.1 Å². The monoisotopic (exact) mass is 162 g/mol. The number of rotatable bonds is 0. The third kappa shape index (κ3) is 2.36. The number of aryl methyl sites for hydroxylation is 1. The van der Waals surface area contributed by atoms with Crippen LogP contribution in [0, 0.1) is 13.8 Å². The van der Waals surface area contributed by atoms with Crippen molar-refractivity contribution >= 4 is 0 Å². The van der Waals surface area contributed by atoms with Crippen LogP contribution in [0.4, 0.5) is 0 Å². The maximum Gasteiger partial charge on any atom is 1.00 e. The smallest absolute Gasteiger partial charge is 1.00 e. The molecule has 1 N–H and O–H groups in total. The molecule has 0 aromatic heterocycles. The van der Waals surface area contributed by atoms with Crippen LogP contribution in [0.3, 0.4) is 0 Å². The Kier molecular flexibility index (Phi) is 4.81. The standard InChI is InChI=1S/C8H10O.K.H/c1-6-4-3-5-8(9)7(6)2;;/h3-5,9H,1-2H3;;/q;+1;-1. The summed E-state index contributed by atoms with van der Waals surface area (Å²) in [6, 6.07) is 5.52. The van der Waals surface area contributed by atoms with Crippen LogP contribution in [0.2, 0.25) is 0 Å². The summed E-state index contributed by atoms with van der Waals surface area (Å²) in [6.45, 7) is 3.89. The summed E-state index contributed by atoms with van der Waals surface area (Å²) in [5.41, 5.74) is 2.10. The molecule has 0 heterocycles. The van der Waals surface area contributed by atoms with E-state index in [1.165, 1.54) is 0 Å². The minimum absolute atomic E-state index is 0. The summed E-state index contributed by atoms with van der Waals surface area (Å²) < 4.78 is 0. The normalized spacial score (nSPS) is 8.60. The number of phenols is 1. The molecule has 10 heavy (non-hydrogen) atoms. The fourth-order valence-corrected chi connectivity index (χ4v) is 0.736. The van der Waals surface area contributed by atoms with Gasteiger partial charge >= 0.3 is 51.4 Å². The maximum atomic E-state index is 9.10. The minimum atomic E-state index is 0. The van der Waals surface area contributed by atoms with E-state index in [0.29, 0.717) is 5.75 Å². The van der Waals surface area contributed by atoms with Crippen LogP contribution in [0.1, 0.15) is 12.6 Å². The van der Waals surface area contributed by atoms with Crippen molar-refractivity contribution in [3.63, 3.8) is 0 Å². The predicted molar refractivity (Wildman–Crippen MR) is 38.7 cm³/mol. The second-order valence-electron chi connectivity index (χ2n) is 2.22. The van der Waals surface area contributed by atoms with E-state index in [1.54, 1.807) is 6.07 Å². The predicted octanol–water partition coefficient (Wildman–Crippen LogP) is -0.874. The molecule has 0 amide bonds. The zero-order valence-electron chi connectivity index (χ0n) is 7.68. The molecule has 0 atom stereocenters. The van der Waals surface area contributed by atoms with Gasteiger partial charge in [-0.3, -0.25) is 0 Å². The zero-order chi connectivity index (χ0) is 6.85. The second-order valence-corrected chi connectivity index (χ2v) is 2.22. The van der Waals surface area contributed by atoms with E-state index in [2.05, 4.69) is 0 Å². The van der Waals surface area contributed by atoms with Crippen LogP contribution < -0.4 is 51.4 Å². The number of hydrogen-bond acceptors (Lipinski definition) is 1. The number of hydrogen-bond donors (Lipinski definition) is 1. The molecule has 2 heteroatoms. The molecule has 0 saturated carbocycles. The Morgan fingerprint density at radius 3 is 2.30 bits per heavy atom. The van der Waals surface area contributed by atoms with Crippen LogP contribution in [0.5, 0.6) is 5.75 Å². The van der Waals surface area contributed by atoms with Crippen molar-refractivity contribution in [2.24, 2.45) is 0 Å². The molecule has 0 bridgehead atoms. The summed E-state index contributed by atoms with van der Waals surface area (Å²) in [4.78, 5) is 0. The van der Waals surface area contributed by atoms with Crippen LogP contribution in [-0.4, -0.2) is 5.11 Å². The minimum Gasteiger partial charge on any atom is -1.00 e. The molecule has 0 saturated heterocycles. The second kappa shape index (κ2) is 4.52. The average molecular weight is 162 g/mol. The SMILES string of the molecule is Cc1cccc(O)c1C.[H-].[K+]. The molecule has 0 radical (unpaired) electrons. The van der Waals surface area contributed by atoms with E-state index < -0.39 is 0 Å². The molecule has 50 valence electrons. The number of phenolic OH excluding ortho intramolecular Hbond substituents is 1. The zero-order valence-corrected chi connectivity index (χ0v) is 9.80.